The molecule has 1 heteroatoms. The molecule has 0 amide bonds. The lowest BCUT2D eigenvalue weighted by atomic mass is 9.54. The third-order valence-electron chi connectivity index (χ3n) is 7.18. The lowest BCUT2D eigenvalue weighted by Crippen LogP contribution is -2.41. The van der Waals surface area contributed by atoms with Gasteiger partial charge in [0.15, 0.2) is 0 Å². The lowest BCUT2D eigenvalue weighted by Gasteiger charge is -2.50. The van der Waals surface area contributed by atoms with Crippen LogP contribution in [0.1, 0.15) is 97.1 Å². The summed E-state index contributed by atoms with van der Waals surface area (Å²) < 4.78 is 0. The fourth-order valence-corrected chi connectivity index (χ4v) is 5.83. The highest BCUT2D eigenvalue weighted by atomic mass is 16.3. The van der Waals surface area contributed by atoms with Crippen LogP contribution >= 0.6 is 0 Å². The normalized spacial score (nSPS) is 35.1. The summed E-state index contributed by atoms with van der Waals surface area (Å²) in [5.41, 5.74) is 3.58. The third kappa shape index (κ3) is 3.76. The van der Waals surface area contributed by atoms with E-state index in [0.29, 0.717) is 11.2 Å². The van der Waals surface area contributed by atoms with Gasteiger partial charge in [0.2, 0.25) is 0 Å². The van der Waals surface area contributed by atoms with Gasteiger partial charge >= 0.3 is 0 Å². The Balaban J connectivity index is 0.000000410. The first-order valence-electron chi connectivity index (χ1n) is 10.8. The van der Waals surface area contributed by atoms with Gasteiger partial charge in [0.25, 0.3) is 0 Å². The Morgan fingerprint density at radius 3 is 2.44 bits per heavy atom. The van der Waals surface area contributed by atoms with Gasteiger partial charge in [-0.1, -0.05) is 54.0 Å². The number of hydrogen-bond acceptors (Lipinski definition) is 1. The second kappa shape index (κ2) is 8.60. The van der Waals surface area contributed by atoms with Crippen LogP contribution in [-0.4, -0.2) is 5.11 Å². The van der Waals surface area contributed by atoms with Gasteiger partial charge in [0, 0.05) is 0 Å². The van der Waals surface area contributed by atoms with Gasteiger partial charge in [-0.15, -0.1) is 0 Å². The highest BCUT2D eigenvalue weighted by Crippen LogP contribution is 2.62. The van der Waals surface area contributed by atoms with Crippen LogP contribution in [0.5, 0.6) is 5.75 Å². The molecule has 2 saturated carbocycles. The molecular formula is C24H40O. The summed E-state index contributed by atoms with van der Waals surface area (Å²) in [7, 11) is 0. The Kier molecular flexibility index (Phi) is 7.00. The van der Waals surface area contributed by atoms with Crippen LogP contribution in [0.3, 0.4) is 0 Å². The number of hydrogen-bond donors (Lipinski definition) is 1. The second-order valence-corrected chi connectivity index (χ2v) is 8.53. The van der Waals surface area contributed by atoms with E-state index in [-0.39, 0.29) is 0 Å². The van der Waals surface area contributed by atoms with Gasteiger partial charge in [-0.25, -0.2) is 0 Å². The number of aromatic hydroxyl groups is 1. The minimum Gasteiger partial charge on any atom is -0.508 e. The predicted octanol–water partition coefficient (Wildman–Crippen LogP) is 7.33. The van der Waals surface area contributed by atoms with E-state index in [4.69, 9.17) is 0 Å². The molecule has 0 radical (unpaired) electrons. The zero-order valence-corrected chi connectivity index (χ0v) is 17.4. The monoisotopic (exact) mass is 344 g/mol. The fraction of sp³-hybridized carbons (Fsp3) is 0.750. The van der Waals surface area contributed by atoms with Crippen LogP contribution < -0.4 is 0 Å². The number of phenolic OH excluding ortho intramolecular Hbond substituents is 1. The average molecular weight is 345 g/mol. The van der Waals surface area contributed by atoms with Gasteiger partial charge in [-0.05, 0) is 90.9 Å². The molecule has 1 N–H and O–H groups in total. The molecule has 3 aliphatic rings. The molecule has 0 bridgehead atoms. The first kappa shape index (κ1) is 20.3. The number of fused-ring (bicyclic) bond motifs is 5. The van der Waals surface area contributed by atoms with Crippen molar-refractivity contribution in [1.29, 1.82) is 0 Å². The van der Waals surface area contributed by atoms with Crippen LogP contribution in [0.4, 0.5) is 0 Å². The summed E-state index contributed by atoms with van der Waals surface area (Å²) in [5.74, 6) is 3.96. The first-order valence-corrected chi connectivity index (χ1v) is 10.8. The van der Waals surface area contributed by atoms with E-state index >= 15 is 0 Å². The standard InChI is InChI=1S/C19H26O.C3H8.C2H6/c1-12-3-8-18-17-6-4-13-11-14(20)5-7-15(13)16(17)9-10-19(12,18)2;1-3-2;1-2/h5,7,11-12,16-18,20H,3-4,6,8-10H2,1-2H3;3H2,1-2H3;1-2H3/t12?,16?,17?,18?,19-;;/m1../s1. The van der Waals surface area contributed by atoms with Crippen molar-refractivity contribution < 1.29 is 5.11 Å². The fourth-order valence-electron chi connectivity index (χ4n) is 5.83. The molecule has 1 nitrogen and oxygen atoms in total. The molecule has 1 aromatic rings. The topological polar surface area (TPSA) is 20.2 Å². The van der Waals surface area contributed by atoms with Gasteiger partial charge in [-0.2, -0.15) is 0 Å². The zero-order chi connectivity index (χ0) is 18.6. The molecule has 4 unspecified atom stereocenters. The summed E-state index contributed by atoms with van der Waals surface area (Å²) in [4.78, 5) is 0. The van der Waals surface area contributed by atoms with Gasteiger partial charge < -0.3 is 5.11 Å². The second-order valence-electron chi connectivity index (χ2n) is 8.53. The Morgan fingerprint density at radius 2 is 1.76 bits per heavy atom. The van der Waals surface area contributed by atoms with Crippen molar-refractivity contribution in [1.82, 2.24) is 0 Å². The Bertz CT molecular complexity index is 549. The minimum absolute atomic E-state index is 0.442. The Labute approximate surface area is 156 Å². The molecule has 142 valence electrons. The number of aryl methyl sites for hydroxylation is 1. The average Bonchev–Trinajstić information content (AvgIpc) is 2.92. The summed E-state index contributed by atoms with van der Waals surface area (Å²) in [6.45, 7) is 13.3. The van der Waals surface area contributed by atoms with Crippen LogP contribution in [0.15, 0.2) is 18.2 Å². The van der Waals surface area contributed by atoms with E-state index in [1.165, 1.54) is 50.5 Å². The molecule has 0 spiro atoms. The Hall–Kier alpha value is -0.980. The molecule has 0 aromatic heterocycles. The van der Waals surface area contributed by atoms with Gasteiger partial charge in [0.05, 0.1) is 0 Å². The van der Waals surface area contributed by atoms with Crippen LogP contribution in [-0.2, 0) is 6.42 Å². The van der Waals surface area contributed by atoms with E-state index in [2.05, 4.69) is 33.8 Å². The van der Waals surface area contributed by atoms with Crippen molar-refractivity contribution in [2.45, 2.75) is 92.4 Å². The van der Waals surface area contributed by atoms with Crippen LogP contribution in [0.25, 0.3) is 0 Å². The molecule has 2 fully saturated rings. The number of rotatable bonds is 0. The largest absolute Gasteiger partial charge is 0.508 e. The molecule has 4 rings (SSSR count). The summed E-state index contributed by atoms with van der Waals surface area (Å²) in [6, 6.07) is 6.12. The molecule has 25 heavy (non-hydrogen) atoms. The van der Waals surface area contributed by atoms with E-state index in [1.807, 2.05) is 26.0 Å². The maximum absolute atomic E-state index is 9.71. The van der Waals surface area contributed by atoms with Crippen molar-refractivity contribution in [3.63, 3.8) is 0 Å². The van der Waals surface area contributed by atoms with E-state index in [1.54, 1.807) is 5.56 Å². The highest BCUT2D eigenvalue weighted by molar-refractivity contribution is 5.40. The predicted molar refractivity (Wildman–Crippen MR) is 109 cm³/mol. The lowest BCUT2D eigenvalue weighted by molar-refractivity contribution is 0.0336. The quantitative estimate of drug-likeness (QED) is 0.522. The minimum atomic E-state index is 0.442. The molecule has 0 aliphatic heterocycles. The maximum Gasteiger partial charge on any atom is 0.115 e. The molecular weight excluding hydrogens is 304 g/mol. The number of phenols is 1. The smallest absolute Gasteiger partial charge is 0.115 e. The van der Waals surface area contributed by atoms with Crippen molar-refractivity contribution in [3.8, 4) is 5.75 Å². The van der Waals surface area contributed by atoms with Crippen molar-refractivity contribution in [2.75, 3.05) is 0 Å². The van der Waals surface area contributed by atoms with Gasteiger partial charge in [-0.3, -0.25) is 0 Å². The summed E-state index contributed by atoms with van der Waals surface area (Å²) in [5, 5.41) is 9.71. The Morgan fingerprint density at radius 1 is 1.08 bits per heavy atom. The van der Waals surface area contributed by atoms with Gasteiger partial charge in [0.1, 0.15) is 5.75 Å². The maximum atomic E-state index is 9.71. The van der Waals surface area contributed by atoms with Crippen molar-refractivity contribution >= 4 is 0 Å². The number of benzene rings is 1. The highest BCUT2D eigenvalue weighted by Gasteiger charge is 2.53. The molecule has 3 aliphatic carbocycles. The third-order valence-corrected chi connectivity index (χ3v) is 7.18. The van der Waals surface area contributed by atoms with E-state index in [0.717, 1.165) is 23.7 Å². The first-order chi connectivity index (χ1) is 12.0. The summed E-state index contributed by atoms with van der Waals surface area (Å²) in [6.07, 6.45) is 9.42. The van der Waals surface area contributed by atoms with Crippen molar-refractivity contribution in [2.24, 2.45) is 23.2 Å². The molecule has 5 atom stereocenters. The van der Waals surface area contributed by atoms with Crippen LogP contribution in [0, 0.1) is 23.2 Å². The van der Waals surface area contributed by atoms with Crippen molar-refractivity contribution in [3.05, 3.63) is 29.3 Å². The summed E-state index contributed by atoms with van der Waals surface area (Å²) >= 11 is 0. The molecule has 0 saturated heterocycles. The van der Waals surface area contributed by atoms with E-state index in [9.17, 15) is 5.11 Å². The molecule has 0 heterocycles. The zero-order valence-electron chi connectivity index (χ0n) is 17.4. The SMILES string of the molecule is CC.CC1CCC2C3CCc4cc(O)ccc4C3CC[C@]12C.CCC. The van der Waals surface area contributed by atoms with Crippen LogP contribution in [0.2, 0.25) is 0 Å². The van der Waals surface area contributed by atoms with E-state index < -0.39 is 0 Å². The molecule has 1 aromatic carbocycles.